The molecule has 2 rings (SSSR count). The highest BCUT2D eigenvalue weighted by Gasteiger charge is 2.08. The highest BCUT2D eigenvalue weighted by atomic mass is 79.9. The number of aryl methyl sites for hydroxylation is 1. The molecule has 1 heterocycles. The standard InChI is InChI=1S/C11H10BrNO2/c1-7-4-8-2-3-9(12)5-10(8)13(7)6-11(14)15/h2-5H,6H2,1H3,(H,14,15). The quantitative estimate of drug-likeness (QED) is 0.909. The first-order valence-corrected chi connectivity index (χ1v) is 5.34. The van der Waals surface area contributed by atoms with Gasteiger partial charge in [0.25, 0.3) is 0 Å². The van der Waals surface area contributed by atoms with Crippen LogP contribution in [0.5, 0.6) is 0 Å². The lowest BCUT2D eigenvalue weighted by molar-refractivity contribution is -0.137. The van der Waals surface area contributed by atoms with Crippen LogP contribution in [0.4, 0.5) is 0 Å². The number of nitrogens with zero attached hydrogens (tertiary/aromatic N) is 1. The van der Waals surface area contributed by atoms with Crippen molar-refractivity contribution in [2.75, 3.05) is 0 Å². The number of carboxylic acids is 1. The number of rotatable bonds is 2. The van der Waals surface area contributed by atoms with Gasteiger partial charge in [0.05, 0.1) is 0 Å². The van der Waals surface area contributed by atoms with Crippen LogP contribution < -0.4 is 0 Å². The zero-order valence-electron chi connectivity index (χ0n) is 8.20. The predicted molar refractivity (Wildman–Crippen MR) is 62.0 cm³/mol. The van der Waals surface area contributed by atoms with E-state index in [1.54, 1.807) is 4.57 Å². The van der Waals surface area contributed by atoms with Crippen molar-refractivity contribution in [1.29, 1.82) is 0 Å². The van der Waals surface area contributed by atoms with Crippen molar-refractivity contribution >= 4 is 32.8 Å². The molecule has 1 N–H and O–H groups in total. The van der Waals surface area contributed by atoms with E-state index in [1.165, 1.54) is 0 Å². The van der Waals surface area contributed by atoms with E-state index in [2.05, 4.69) is 15.9 Å². The van der Waals surface area contributed by atoms with Gasteiger partial charge in [-0.05, 0) is 30.5 Å². The van der Waals surface area contributed by atoms with Crippen molar-refractivity contribution in [3.63, 3.8) is 0 Å². The molecule has 0 saturated carbocycles. The molecule has 1 aromatic carbocycles. The van der Waals surface area contributed by atoms with Crippen LogP contribution in [0.15, 0.2) is 28.7 Å². The molecule has 0 saturated heterocycles. The highest BCUT2D eigenvalue weighted by molar-refractivity contribution is 9.10. The Balaban J connectivity index is 2.65. The minimum absolute atomic E-state index is 0.00574. The van der Waals surface area contributed by atoms with Gasteiger partial charge < -0.3 is 9.67 Å². The smallest absolute Gasteiger partial charge is 0.323 e. The molecule has 0 radical (unpaired) electrons. The second kappa shape index (κ2) is 3.70. The monoisotopic (exact) mass is 267 g/mol. The molecule has 78 valence electrons. The average molecular weight is 268 g/mol. The second-order valence-electron chi connectivity index (χ2n) is 3.47. The van der Waals surface area contributed by atoms with Crippen LogP contribution >= 0.6 is 15.9 Å². The van der Waals surface area contributed by atoms with Crippen LogP contribution in [-0.4, -0.2) is 15.6 Å². The Morgan fingerprint density at radius 3 is 2.87 bits per heavy atom. The Morgan fingerprint density at radius 2 is 2.20 bits per heavy atom. The normalized spacial score (nSPS) is 10.8. The summed E-state index contributed by atoms with van der Waals surface area (Å²) in [6.07, 6.45) is 0. The average Bonchev–Trinajstić information content (AvgIpc) is 2.43. The van der Waals surface area contributed by atoms with E-state index in [4.69, 9.17) is 5.11 Å². The lowest BCUT2D eigenvalue weighted by Crippen LogP contribution is -2.09. The summed E-state index contributed by atoms with van der Waals surface area (Å²) in [5.74, 6) is -0.824. The van der Waals surface area contributed by atoms with Gasteiger partial charge in [-0.25, -0.2) is 0 Å². The maximum absolute atomic E-state index is 10.7. The summed E-state index contributed by atoms with van der Waals surface area (Å²) < 4.78 is 2.75. The molecular weight excluding hydrogens is 258 g/mol. The molecule has 0 aliphatic rings. The maximum atomic E-state index is 10.7. The molecule has 0 fully saturated rings. The van der Waals surface area contributed by atoms with Gasteiger partial charge in [0.15, 0.2) is 0 Å². The summed E-state index contributed by atoms with van der Waals surface area (Å²) in [5.41, 5.74) is 1.91. The number of carboxylic acid groups (broad SMARTS) is 1. The second-order valence-corrected chi connectivity index (χ2v) is 4.38. The number of benzene rings is 1. The molecular formula is C11H10BrNO2. The highest BCUT2D eigenvalue weighted by Crippen LogP contribution is 2.23. The summed E-state index contributed by atoms with van der Waals surface area (Å²) >= 11 is 3.38. The van der Waals surface area contributed by atoms with E-state index >= 15 is 0 Å². The summed E-state index contributed by atoms with van der Waals surface area (Å²) in [6.45, 7) is 1.92. The number of fused-ring (bicyclic) bond motifs is 1. The van der Waals surface area contributed by atoms with E-state index in [9.17, 15) is 4.79 Å². The van der Waals surface area contributed by atoms with Crippen LogP contribution in [-0.2, 0) is 11.3 Å². The minimum atomic E-state index is -0.824. The molecule has 0 spiro atoms. The van der Waals surface area contributed by atoms with Gasteiger partial charge in [-0.3, -0.25) is 4.79 Å². The number of hydrogen-bond donors (Lipinski definition) is 1. The van der Waals surface area contributed by atoms with Gasteiger partial charge in [-0.15, -0.1) is 0 Å². The first-order valence-electron chi connectivity index (χ1n) is 4.55. The van der Waals surface area contributed by atoms with Crippen LogP contribution in [0.1, 0.15) is 5.69 Å². The molecule has 0 aliphatic carbocycles. The minimum Gasteiger partial charge on any atom is -0.480 e. The number of hydrogen-bond acceptors (Lipinski definition) is 1. The van der Waals surface area contributed by atoms with E-state index in [1.807, 2.05) is 31.2 Å². The molecule has 15 heavy (non-hydrogen) atoms. The van der Waals surface area contributed by atoms with Crippen molar-refractivity contribution in [3.8, 4) is 0 Å². The zero-order chi connectivity index (χ0) is 11.0. The molecule has 0 amide bonds. The lowest BCUT2D eigenvalue weighted by Gasteiger charge is -2.04. The van der Waals surface area contributed by atoms with Gasteiger partial charge in [0.2, 0.25) is 0 Å². The van der Waals surface area contributed by atoms with E-state index < -0.39 is 5.97 Å². The molecule has 2 aromatic rings. The van der Waals surface area contributed by atoms with Crippen molar-refractivity contribution < 1.29 is 9.90 Å². The van der Waals surface area contributed by atoms with E-state index in [-0.39, 0.29) is 6.54 Å². The van der Waals surface area contributed by atoms with Gasteiger partial charge >= 0.3 is 5.97 Å². The third-order valence-corrected chi connectivity index (χ3v) is 2.86. The number of aromatic nitrogens is 1. The van der Waals surface area contributed by atoms with Gasteiger partial charge in [-0.1, -0.05) is 22.0 Å². The maximum Gasteiger partial charge on any atom is 0.323 e. The number of aliphatic carboxylic acids is 1. The van der Waals surface area contributed by atoms with E-state index in [0.717, 1.165) is 21.1 Å². The topological polar surface area (TPSA) is 42.2 Å². The molecule has 0 atom stereocenters. The van der Waals surface area contributed by atoms with Crippen LogP contribution in [0, 0.1) is 6.92 Å². The van der Waals surface area contributed by atoms with Crippen molar-refractivity contribution in [2.45, 2.75) is 13.5 Å². The van der Waals surface area contributed by atoms with Crippen LogP contribution in [0.25, 0.3) is 10.9 Å². The largest absolute Gasteiger partial charge is 0.480 e. The SMILES string of the molecule is Cc1cc2ccc(Br)cc2n1CC(=O)O. The Hall–Kier alpha value is -1.29. The fourth-order valence-corrected chi connectivity index (χ4v) is 2.06. The lowest BCUT2D eigenvalue weighted by atomic mass is 10.2. The van der Waals surface area contributed by atoms with Crippen molar-refractivity contribution in [2.24, 2.45) is 0 Å². The summed E-state index contributed by atoms with van der Waals surface area (Å²) in [6, 6.07) is 7.85. The third kappa shape index (κ3) is 1.90. The molecule has 4 heteroatoms. The molecule has 0 bridgehead atoms. The molecule has 0 aliphatic heterocycles. The Bertz CT molecular complexity index is 531. The molecule has 0 unspecified atom stereocenters. The first-order chi connectivity index (χ1) is 7.08. The van der Waals surface area contributed by atoms with Crippen LogP contribution in [0.2, 0.25) is 0 Å². The zero-order valence-corrected chi connectivity index (χ0v) is 9.78. The first kappa shape index (κ1) is 10.2. The number of carbonyl (C=O) groups is 1. The summed E-state index contributed by atoms with van der Waals surface area (Å²) in [4.78, 5) is 10.7. The van der Waals surface area contributed by atoms with Gasteiger partial charge in [0, 0.05) is 15.7 Å². The number of halogens is 1. The van der Waals surface area contributed by atoms with Gasteiger partial charge in [0.1, 0.15) is 6.54 Å². The van der Waals surface area contributed by atoms with Crippen molar-refractivity contribution in [3.05, 3.63) is 34.4 Å². The van der Waals surface area contributed by atoms with E-state index in [0.29, 0.717) is 0 Å². The van der Waals surface area contributed by atoms with Gasteiger partial charge in [-0.2, -0.15) is 0 Å². The fraction of sp³-hybridized carbons (Fsp3) is 0.182. The molecule has 3 nitrogen and oxygen atoms in total. The third-order valence-electron chi connectivity index (χ3n) is 2.37. The molecule has 1 aromatic heterocycles. The van der Waals surface area contributed by atoms with Crippen LogP contribution in [0.3, 0.4) is 0 Å². The Labute approximate surface area is 95.5 Å². The van der Waals surface area contributed by atoms with Crippen molar-refractivity contribution in [1.82, 2.24) is 4.57 Å². The predicted octanol–water partition coefficient (Wildman–Crippen LogP) is 2.80. The fourth-order valence-electron chi connectivity index (χ4n) is 1.71. The Morgan fingerprint density at radius 1 is 1.47 bits per heavy atom. The summed E-state index contributed by atoms with van der Waals surface area (Å²) in [7, 11) is 0. The summed E-state index contributed by atoms with van der Waals surface area (Å²) in [5, 5.41) is 9.87. The Kier molecular flexibility index (Phi) is 2.52.